The molecule has 1 saturated heterocycles. The first-order valence-electron chi connectivity index (χ1n) is 6.86. The summed E-state index contributed by atoms with van der Waals surface area (Å²) in [6.07, 6.45) is 3.02. The van der Waals surface area contributed by atoms with Crippen molar-refractivity contribution in [1.82, 2.24) is 5.32 Å². The third kappa shape index (κ3) is 2.27. The number of halogens is 1. The minimum atomic E-state index is -0.563. The lowest BCUT2D eigenvalue weighted by molar-refractivity contribution is -0.118. The van der Waals surface area contributed by atoms with Crippen LogP contribution in [0.5, 0.6) is 0 Å². The molecular weight excluding hydrogens is 257 g/mol. The van der Waals surface area contributed by atoms with Crippen LogP contribution in [-0.2, 0) is 4.79 Å². The summed E-state index contributed by atoms with van der Waals surface area (Å²) in [7, 11) is 0. The number of hydrogen-bond acceptors (Lipinski definition) is 3. The van der Waals surface area contributed by atoms with E-state index >= 15 is 0 Å². The van der Waals surface area contributed by atoms with E-state index in [1.165, 1.54) is 18.2 Å². The van der Waals surface area contributed by atoms with Crippen molar-refractivity contribution in [2.75, 3.05) is 18.4 Å². The molecule has 5 heteroatoms. The highest BCUT2D eigenvalue weighted by Gasteiger charge is 2.57. The molecule has 1 aromatic rings. The van der Waals surface area contributed by atoms with Crippen LogP contribution in [0.1, 0.15) is 24.8 Å². The summed E-state index contributed by atoms with van der Waals surface area (Å²) < 4.78 is 13.2. The molecule has 3 rings (SSSR count). The van der Waals surface area contributed by atoms with Gasteiger partial charge in [-0.15, -0.1) is 0 Å². The molecule has 4 nitrogen and oxygen atoms in total. The van der Waals surface area contributed by atoms with Crippen LogP contribution in [0.15, 0.2) is 18.2 Å². The van der Waals surface area contributed by atoms with Gasteiger partial charge in [0.05, 0.1) is 5.56 Å². The fraction of sp³-hybridized carbons (Fsp3) is 0.467. The fourth-order valence-corrected chi connectivity index (χ4v) is 3.11. The van der Waals surface area contributed by atoms with E-state index in [-0.39, 0.29) is 22.8 Å². The monoisotopic (exact) mass is 273 g/mol. The van der Waals surface area contributed by atoms with Crippen LogP contribution in [0.4, 0.5) is 10.1 Å². The van der Waals surface area contributed by atoms with Gasteiger partial charge in [-0.3, -0.25) is 4.79 Å². The summed E-state index contributed by atoms with van der Waals surface area (Å²) >= 11 is 0. The van der Waals surface area contributed by atoms with Gasteiger partial charge >= 0.3 is 0 Å². The number of amides is 1. The van der Waals surface area contributed by atoms with Gasteiger partial charge in [0.1, 0.15) is 11.9 Å². The molecule has 0 aromatic heterocycles. The molecule has 1 unspecified atom stereocenters. The Morgan fingerprint density at radius 3 is 2.90 bits per heavy atom. The number of carbonyl (C=O) groups excluding carboxylic acids is 1. The Morgan fingerprint density at radius 2 is 2.20 bits per heavy atom. The molecule has 104 valence electrons. The van der Waals surface area contributed by atoms with Crippen molar-refractivity contribution in [2.24, 2.45) is 11.3 Å². The molecule has 2 fully saturated rings. The van der Waals surface area contributed by atoms with E-state index in [4.69, 9.17) is 5.26 Å². The quantitative estimate of drug-likeness (QED) is 0.866. The average Bonchev–Trinajstić information content (AvgIpc) is 3.15. The number of rotatable bonds is 2. The van der Waals surface area contributed by atoms with Crippen LogP contribution in [-0.4, -0.2) is 19.0 Å². The van der Waals surface area contributed by atoms with Crippen molar-refractivity contribution >= 4 is 11.6 Å². The first kappa shape index (κ1) is 13.1. The fourth-order valence-electron chi connectivity index (χ4n) is 3.11. The Bertz CT molecular complexity index is 587. The van der Waals surface area contributed by atoms with Crippen molar-refractivity contribution < 1.29 is 9.18 Å². The summed E-state index contributed by atoms with van der Waals surface area (Å²) in [6, 6.07) is 5.86. The summed E-state index contributed by atoms with van der Waals surface area (Å²) in [5.41, 5.74) is 0.618. The first-order chi connectivity index (χ1) is 9.64. The van der Waals surface area contributed by atoms with E-state index in [1.54, 1.807) is 6.07 Å². The van der Waals surface area contributed by atoms with E-state index in [0.717, 1.165) is 32.4 Å². The van der Waals surface area contributed by atoms with E-state index < -0.39 is 5.82 Å². The molecule has 2 aliphatic rings. The Hall–Kier alpha value is -1.93. The maximum atomic E-state index is 13.2. The lowest BCUT2D eigenvalue weighted by Gasteiger charge is -2.23. The van der Waals surface area contributed by atoms with Gasteiger partial charge in [-0.2, -0.15) is 5.26 Å². The summed E-state index contributed by atoms with van der Waals surface area (Å²) in [5.74, 6) is -0.519. The molecule has 1 aromatic carbocycles. The Labute approximate surface area is 117 Å². The first-order valence-corrected chi connectivity index (χ1v) is 6.86. The highest BCUT2D eigenvalue weighted by Crippen LogP contribution is 2.58. The summed E-state index contributed by atoms with van der Waals surface area (Å²) in [5, 5.41) is 14.9. The van der Waals surface area contributed by atoms with E-state index in [0.29, 0.717) is 5.69 Å². The average molecular weight is 273 g/mol. The number of carbonyl (C=O) groups is 1. The number of benzene rings is 1. The highest BCUT2D eigenvalue weighted by atomic mass is 19.1. The van der Waals surface area contributed by atoms with Crippen LogP contribution in [0.25, 0.3) is 0 Å². The third-order valence-electron chi connectivity index (χ3n) is 4.46. The number of hydrogen-bond donors (Lipinski definition) is 2. The number of nitrogens with zero attached hydrogens (tertiary/aromatic N) is 1. The highest BCUT2D eigenvalue weighted by molar-refractivity contribution is 5.95. The van der Waals surface area contributed by atoms with Crippen molar-refractivity contribution in [3.63, 3.8) is 0 Å². The SMILES string of the molecule is N#Cc1cc(NC(=O)C2CC23CCNCC3)ccc1F. The van der Waals surface area contributed by atoms with Crippen LogP contribution < -0.4 is 10.6 Å². The number of nitrogens with one attached hydrogen (secondary N) is 2. The zero-order valence-corrected chi connectivity index (χ0v) is 11.1. The minimum absolute atomic E-state index is 0.0117. The molecule has 1 heterocycles. The second-order valence-electron chi connectivity index (χ2n) is 5.66. The Kier molecular flexibility index (Phi) is 3.19. The smallest absolute Gasteiger partial charge is 0.228 e. The predicted octanol–water partition coefficient (Wildman–Crippen LogP) is 2.03. The molecule has 1 saturated carbocycles. The summed E-state index contributed by atoms with van der Waals surface area (Å²) in [4.78, 5) is 12.2. The van der Waals surface area contributed by atoms with Crippen LogP contribution in [0, 0.1) is 28.5 Å². The number of anilines is 1. The number of piperidine rings is 1. The Morgan fingerprint density at radius 1 is 1.45 bits per heavy atom. The standard InChI is InChI=1S/C15H16FN3O/c16-13-2-1-11(7-10(13)9-17)19-14(20)12-8-15(12)3-5-18-6-4-15/h1-2,7,12,18H,3-6,8H2,(H,19,20). The normalized spacial score (nSPS) is 23.1. The van der Waals surface area contributed by atoms with E-state index in [2.05, 4.69) is 10.6 Å². The van der Waals surface area contributed by atoms with Gasteiger partial charge in [0.15, 0.2) is 0 Å². The molecule has 1 spiro atoms. The van der Waals surface area contributed by atoms with Crippen molar-refractivity contribution in [3.05, 3.63) is 29.6 Å². The van der Waals surface area contributed by atoms with Gasteiger partial charge in [-0.1, -0.05) is 0 Å². The number of nitriles is 1. The second kappa shape index (κ2) is 4.88. The van der Waals surface area contributed by atoms with Gasteiger partial charge in [0.2, 0.25) is 5.91 Å². The zero-order chi connectivity index (χ0) is 14.2. The van der Waals surface area contributed by atoms with Crippen molar-refractivity contribution in [1.29, 1.82) is 5.26 Å². The Balaban J connectivity index is 1.67. The van der Waals surface area contributed by atoms with E-state index in [9.17, 15) is 9.18 Å². The largest absolute Gasteiger partial charge is 0.326 e. The minimum Gasteiger partial charge on any atom is -0.326 e. The molecule has 2 N–H and O–H groups in total. The molecule has 1 aliphatic heterocycles. The van der Waals surface area contributed by atoms with Gasteiger partial charge in [-0.05, 0) is 56.0 Å². The molecule has 1 aliphatic carbocycles. The topological polar surface area (TPSA) is 64.9 Å². The lowest BCUT2D eigenvalue weighted by atomic mass is 9.92. The predicted molar refractivity (Wildman–Crippen MR) is 72.4 cm³/mol. The van der Waals surface area contributed by atoms with Crippen LogP contribution in [0.2, 0.25) is 0 Å². The lowest BCUT2D eigenvalue weighted by Crippen LogP contribution is -2.31. The van der Waals surface area contributed by atoms with Crippen LogP contribution >= 0.6 is 0 Å². The van der Waals surface area contributed by atoms with Gasteiger partial charge < -0.3 is 10.6 Å². The molecule has 1 atom stereocenters. The maximum absolute atomic E-state index is 13.2. The van der Waals surface area contributed by atoms with Crippen LogP contribution in [0.3, 0.4) is 0 Å². The van der Waals surface area contributed by atoms with E-state index in [1.807, 2.05) is 0 Å². The van der Waals surface area contributed by atoms with Crippen molar-refractivity contribution in [3.8, 4) is 6.07 Å². The van der Waals surface area contributed by atoms with Crippen molar-refractivity contribution in [2.45, 2.75) is 19.3 Å². The van der Waals surface area contributed by atoms with Gasteiger partial charge in [0.25, 0.3) is 0 Å². The molecule has 1 amide bonds. The van der Waals surface area contributed by atoms with Gasteiger partial charge in [-0.25, -0.2) is 4.39 Å². The molecule has 0 radical (unpaired) electrons. The summed E-state index contributed by atoms with van der Waals surface area (Å²) in [6.45, 7) is 1.94. The maximum Gasteiger partial charge on any atom is 0.228 e. The third-order valence-corrected chi connectivity index (χ3v) is 4.46. The van der Waals surface area contributed by atoms with Gasteiger partial charge in [0, 0.05) is 11.6 Å². The molecular formula is C15H16FN3O. The zero-order valence-electron chi connectivity index (χ0n) is 11.1. The second-order valence-corrected chi connectivity index (χ2v) is 5.66. The molecule has 20 heavy (non-hydrogen) atoms. The molecule has 0 bridgehead atoms.